The molecule has 1 aliphatic heterocycles. The van der Waals surface area contributed by atoms with Crippen LogP contribution in [0.3, 0.4) is 0 Å². The molecule has 1 atom stereocenters. The molecule has 0 radical (unpaired) electrons. The van der Waals surface area contributed by atoms with E-state index in [0.717, 1.165) is 6.07 Å². The van der Waals surface area contributed by atoms with E-state index in [0.29, 0.717) is 42.6 Å². The number of morpholine rings is 1. The number of hydrogen-bond acceptors (Lipinski definition) is 5. The van der Waals surface area contributed by atoms with Crippen molar-refractivity contribution in [2.45, 2.75) is 26.0 Å². The van der Waals surface area contributed by atoms with E-state index in [2.05, 4.69) is 10.3 Å². The van der Waals surface area contributed by atoms with Gasteiger partial charge >= 0.3 is 0 Å². The Bertz CT molecular complexity index is 1170. The lowest BCUT2D eigenvalue weighted by molar-refractivity contribution is -0.121. The van der Waals surface area contributed by atoms with E-state index in [1.54, 1.807) is 19.1 Å². The van der Waals surface area contributed by atoms with Crippen LogP contribution in [-0.4, -0.2) is 48.1 Å². The Balaban J connectivity index is 1.29. The number of rotatable bonds is 7. The minimum atomic E-state index is -1.49. The van der Waals surface area contributed by atoms with E-state index in [4.69, 9.17) is 9.15 Å². The Morgan fingerprint density at radius 2 is 1.88 bits per heavy atom. The lowest BCUT2D eigenvalue weighted by Crippen LogP contribution is -2.47. The fraction of sp³-hybridized carbons (Fsp3) is 0.333. The van der Waals surface area contributed by atoms with Crippen molar-refractivity contribution in [1.29, 1.82) is 0 Å². The van der Waals surface area contributed by atoms with E-state index >= 15 is 0 Å². The van der Waals surface area contributed by atoms with Crippen molar-refractivity contribution in [2.24, 2.45) is 0 Å². The van der Waals surface area contributed by atoms with Gasteiger partial charge in [0.05, 0.1) is 24.8 Å². The van der Waals surface area contributed by atoms with Gasteiger partial charge in [-0.2, -0.15) is 0 Å². The molecule has 0 spiro atoms. The predicted molar refractivity (Wildman–Crippen MR) is 115 cm³/mol. The zero-order valence-corrected chi connectivity index (χ0v) is 18.4. The van der Waals surface area contributed by atoms with Gasteiger partial charge in [-0.1, -0.05) is 6.07 Å². The van der Waals surface area contributed by atoms with Gasteiger partial charge in [0.15, 0.2) is 17.5 Å². The second kappa shape index (κ2) is 10.4. The van der Waals surface area contributed by atoms with E-state index in [1.807, 2.05) is 4.90 Å². The van der Waals surface area contributed by atoms with Crippen molar-refractivity contribution in [2.75, 3.05) is 26.2 Å². The highest BCUT2D eigenvalue weighted by Gasteiger charge is 2.24. The Morgan fingerprint density at radius 3 is 2.65 bits per heavy atom. The summed E-state index contributed by atoms with van der Waals surface area (Å²) in [7, 11) is 0. The molecule has 3 aromatic rings. The van der Waals surface area contributed by atoms with Crippen molar-refractivity contribution >= 4 is 5.91 Å². The van der Waals surface area contributed by atoms with Crippen molar-refractivity contribution in [3.8, 4) is 11.5 Å². The molecule has 34 heavy (non-hydrogen) atoms. The van der Waals surface area contributed by atoms with Crippen LogP contribution in [0.25, 0.3) is 11.5 Å². The fourth-order valence-electron chi connectivity index (χ4n) is 3.73. The summed E-state index contributed by atoms with van der Waals surface area (Å²) < 4.78 is 65.0. The first kappa shape index (κ1) is 23.9. The smallest absolute Gasteiger partial charge is 0.226 e. The zero-order chi connectivity index (χ0) is 24.2. The summed E-state index contributed by atoms with van der Waals surface area (Å²) in [6, 6.07) is 7.82. The van der Waals surface area contributed by atoms with Gasteiger partial charge in [0.25, 0.3) is 0 Å². The number of halogens is 4. The van der Waals surface area contributed by atoms with Crippen LogP contribution in [0.2, 0.25) is 0 Å². The molecule has 0 aliphatic carbocycles. The molecule has 0 unspecified atom stereocenters. The Kier molecular flexibility index (Phi) is 7.28. The monoisotopic (exact) mass is 477 g/mol. The molecule has 1 N–H and O–H groups in total. The van der Waals surface area contributed by atoms with Gasteiger partial charge in [-0.05, 0) is 37.3 Å². The third kappa shape index (κ3) is 5.63. The van der Waals surface area contributed by atoms with E-state index in [9.17, 15) is 22.4 Å². The summed E-state index contributed by atoms with van der Waals surface area (Å²) >= 11 is 0. The molecule has 1 aliphatic rings. The molecular weight excluding hydrogens is 454 g/mol. The number of aryl methyl sites for hydroxylation is 1. The molecule has 1 fully saturated rings. The zero-order valence-electron chi connectivity index (χ0n) is 18.4. The predicted octanol–water partition coefficient (Wildman–Crippen LogP) is 3.77. The summed E-state index contributed by atoms with van der Waals surface area (Å²) in [5, 5.41) is 2.79. The second-order valence-electron chi connectivity index (χ2n) is 8.07. The molecule has 4 rings (SSSR count). The maximum Gasteiger partial charge on any atom is 0.226 e. The average molecular weight is 477 g/mol. The van der Waals surface area contributed by atoms with E-state index in [-0.39, 0.29) is 42.9 Å². The minimum absolute atomic E-state index is 0.00691. The highest BCUT2D eigenvalue weighted by Crippen LogP contribution is 2.22. The minimum Gasteiger partial charge on any atom is -0.441 e. The van der Waals surface area contributed by atoms with Crippen molar-refractivity contribution in [1.82, 2.24) is 15.2 Å². The topological polar surface area (TPSA) is 67.6 Å². The van der Waals surface area contributed by atoms with Gasteiger partial charge in [0, 0.05) is 37.3 Å². The number of benzene rings is 2. The maximum absolute atomic E-state index is 14.0. The average Bonchev–Trinajstić information content (AvgIpc) is 3.19. The molecule has 6 nitrogen and oxygen atoms in total. The van der Waals surface area contributed by atoms with Crippen LogP contribution in [0.5, 0.6) is 0 Å². The number of amides is 1. The third-order valence-corrected chi connectivity index (χ3v) is 5.57. The van der Waals surface area contributed by atoms with Crippen LogP contribution in [0.15, 0.2) is 40.8 Å². The highest BCUT2D eigenvalue weighted by atomic mass is 19.2. The SMILES string of the molecule is Cc1oc(-c2ccc(F)cc2)nc1CC(=O)NC[C@H]1CN(Cc2ccc(F)c(F)c2F)CCO1. The van der Waals surface area contributed by atoms with Crippen molar-refractivity contribution < 1.29 is 31.5 Å². The molecular formula is C24H23F4N3O3. The second-order valence-corrected chi connectivity index (χ2v) is 8.07. The Labute approximate surface area is 193 Å². The summed E-state index contributed by atoms with van der Waals surface area (Å²) in [6.07, 6.45) is -0.355. The van der Waals surface area contributed by atoms with E-state index < -0.39 is 17.5 Å². The van der Waals surface area contributed by atoms with Gasteiger partial charge in [-0.25, -0.2) is 22.5 Å². The molecule has 0 bridgehead atoms. The van der Waals surface area contributed by atoms with Crippen molar-refractivity contribution in [3.05, 3.63) is 76.7 Å². The molecule has 1 amide bonds. The maximum atomic E-state index is 14.0. The van der Waals surface area contributed by atoms with Gasteiger partial charge in [-0.3, -0.25) is 9.69 Å². The van der Waals surface area contributed by atoms with Crippen molar-refractivity contribution in [3.63, 3.8) is 0 Å². The van der Waals surface area contributed by atoms with Crippen LogP contribution in [0, 0.1) is 30.2 Å². The number of hydrogen-bond donors (Lipinski definition) is 1. The molecule has 0 saturated carbocycles. The summed E-state index contributed by atoms with van der Waals surface area (Å²) in [5.41, 5.74) is 1.13. The number of nitrogens with one attached hydrogen (secondary N) is 1. The van der Waals surface area contributed by atoms with Crippen LogP contribution < -0.4 is 5.32 Å². The third-order valence-electron chi connectivity index (χ3n) is 5.57. The first-order chi connectivity index (χ1) is 16.3. The normalized spacial score (nSPS) is 16.6. The number of oxazole rings is 1. The number of ether oxygens (including phenoxy) is 1. The molecule has 2 heterocycles. The first-order valence-corrected chi connectivity index (χ1v) is 10.8. The summed E-state index contributed by atoms with van der Waals surface area (Å²) in [4.78, 5) is 18.6. The standard InChI is InChI=1S/C24H23F4N3O3/c1-14-20(30-24(34-14)15-2-5-17(25)6-3-15)10-21(32)29-11-18-13-31(8-9-33-18)12-16-4-7-19(26)23(28)22(16)27/h2-7,18H,8-13H2,1H3,(H,29,32)/t18-/m0/s1. The van der Waals surface area contributed by atoms with Gasteiger partial charge in [0.1, 0.15) is 11.6 Å². The molecule has 180 valence electrons. The van der Waals surface area contributed by atoms with Gasteiger partial charge in [0.2, 0.25) is 11.8 Å². The summed E-state index contributed by atoms with van der Waals surface area (Å²) in [5.74, 6) is -3.77. The summed E-state index contributed by atoms with van der Waals surface area (Å²) in [6.45, 7) is 3.25. The number of carbonyl (C=O) groups is 1. The van der Waals surface area contributed by atoms with Crippen LogP contribution in [-0.2, 0) is 22.5 Å². The highest BCUT2D eigenvalue weighted by molar-refractivity contribution is 5.78. The molecule has 2 aromatic carbocycles. The Hall–Kier alpha value is -3.24. The number of aromatic nitrogens is 1. The lowest BCUT2D eigenvalue weighted by atomic mass is 10.1. The van der Waals surface area contributed by atoms with Crippen LogP contribution >= 0.6 is 0 Å². The van der Waals surface area contributed by atoms with Gasteiger partial charge < -0.3 is 14.5 Å². The number of carbonyl (C=O) groups excluding carboxylic acids is 1. The van der Waals surface area contributed by atoms with Gasteiger partial charge in [-0.15, -0.1) is 0 Å². The quantitative estimate of drug-likeness (QED) is 0.415. The van der Waals surface area contributed by atoms with Crippen LogP contribution in [0.1, 0.15) is 17.0 Å². The largest absolute Gasteiger partial charge is 0.441 e. The number of nitrogens with zero attached hydrogens (tertiary/aromatic N) is 2. The lowest BCUT2D eigenvalue weighted by Gasteiger charge is -2.33. The van der Waals surface area contributed by atoms with Crippen LogP contribution in [0.4, 0.5) is 17.6 Å². The van der Waals surface area contributed by atoms with E-state index in [1.165, 1.54) is 18.2 Å². The molecule has 1 saturated heterocycles. The Morgan fingerprint density at radius 1 is 1.12 bits per heavy atom. The molecule has 1 aromatic heterocycles. The fourth-order valence-corrected chi connectivity index (χ4v) is 3.73. The first-order valence-electron chi connectivity index (χ1n) is 10.8. The molecule has 10 heteroatoms.